The topological polar surface area (TPSA) is 78.8 Å². The van der Waals surface area contributed by atoms with E-state index in [4.69, 9.17) is 0 Å². The summed E-state index contributed by atoms with van der Waals surface area (Å²) in [6.45, 7) is 5.86. The molecule has 7 heteroatoms. The number of likely N-dealkylation sites (tertiary alicyclic amines) is 1. The summed E-state index contributed by atoms with van der Waals surface area (Å²) in [4.78, 5) is 22.0. The third-order valence-electron chi connectivity index (χ3n) is 4.98. The van der Waals surface area contributed by atoms with E-state index >= 15 is 0 Å². The van der Waals surface area contributed by atoms with Crippen molar-refractivity contribution in [3.63, 3.8) is 0 Å². The SMILES string of the molecule is Cc1ncc(CN2CCC(CNC(=O)CCc3ccnn3C)CC2)[nH]1. The van der Waals surface area contributed by atoms with Gasteiger partial charge in [-0.05, 0) is 51.3 Å². The molecule has 0 radical (unpaired) electrons. The van der Waals surface area contributed by atoms with E-state index in [2.05, 4.69) is 25.3 Å². The van der Waals surface area contributed by atoms with E-state index in [-0.39, 0.29) is 5.91 Å². The minimum absolute atomic E-state index is 0.136. The van der Waals surface area contributed by atoms with Gasteiger partial charge in [-0.2, -0.15) is 5.10 Å². The Morgan fingerprint density at radius 3 is 2.84 bits per heavy atom. The van der Waals surface area contributed by atoms with Crippen molar-refractivity contribution < 1.29 is 4.79 Å². The monoisotopic (exact) mass is 344 g/mol. The highest BCUT2D eigenvalue weighted by Crippen LogP contribution is 2.18. The van der Waals surface area contributed by atoms with Crippen LogP contribution in [0.1, 0.15) is 36.5 Å². The van der Waals surface area contributed by atoms with Crippen LogP contribution >= 0.6 is 0 Å². The maximum Gasteiger partial charge on any atom is 0.220 e. The fourth-order valence-electron chi connectivity index (χ4n) is 3.38. The molecule has 0 atom stereocenters. The van der Waals surface area contributed by atoms with Crippen molar-refractivity contribution in [2.24, 2.45) is 13.0 Å². The van der Waals surface area contributed by atoms with Crippen molar-refractivity contribution in [1.29, 1.82) is 0 Å². The Balaban J connectivity index is 1.32. The van der Waals surface area contributed by atoms with Gasteiger partial charge >= 0.3 is 0 Å². The van der Waals surface area contributed by atoms with Crippen molar-refractivity contribution in [3.8, 4) is 0 Å². The molecule has 1 aliphatic rings. The van der Waals surface area contributed by atoms with E-state index in [0.29, 0.717) is 12.3 Å². The first-order chi connectivity index (χ1) is 12.1. The van der Waals surface area contributed by atoms with Crippen LogP contribution in [0.25, 0.3) is 0 Å². The molecule has 0 spiro atoms. The second-order valence-corrected chi connectivity index (χ2v) is 6.96. The van der Waals surface area contributed by atoms with Crippen LogP contribution in [0.4, 0.5) is 0 Å². The van der Waals surface area contributed by atoms with Crippen LogP contribution in [0.3, 0.4) is 0 Å². The highest BCUT2D eigenvalue weighted by molar-refractivity contribution is 5.76. The molecule has 3 rings (SSSR count). The summed E-state index contributed by atoms with van der Waals surface area (Å²) in [6, 6.07) is 1.96. The molecule has 2 aromatic rings. The fraction of sp³-hybridized carbons (Fsp3) is 0.611. The van der Waals surface area contributed by atoms with Crippen molar-refractivity contribution in [3.05, 3.63) is 35.7 Å². The predicted octanol–water partition coefficient (Wildman–Crippen LogP) is 1.41. The third kappa shape index (κ3) is 5.16. The van der Waals surface area contributed by atoms with Gasteiger partial charge in [-0.15, -0.1) is 0 Å². The summed E-state index contributed by atoms with van der Waals surface area (Å²) >= 11 is 0. The molecule has 1 saturated heterocycles. The number of amides is 1. The lowest BCUT2D eigenvalue weighted by Gasteiger charge is -2.31. The maximum absolute atomic E-state index is 12.0. The number of nitrogens with one attached hydrogen (secondary N) is 2. The maximum atomic E-state index is 12.0. The summed E-state index contributed by atoms with van der Waals surface area (Å²) in [6.07, 6.45) is 7.22. The van der Waals surface area contributed by atoms with Crippen molar-refractivity contribution in [2.45, 2.75) is 39.2 Å². The molecule has 7 nitrogen and oxygen atoms in total. The molecule has 1 aliphatic heterocycles. The number of imidazole rings is 1. The molecule has 0 aliphatic carbocycles. The molecule has 3 heterocycles. The molecule has 0 aromatic carbocycles. The van der Waals surface area contributed by atoms with Crippen LogP contribution in [0.5, 0.6) is 0 Å². The Kier molecular flexibility index (Phi) is 5.86. The van der Waals surface area contributed by atoms with Gasteiger partial charge in [-0.1, -0.05) is 0 Å². The van der Waals surface area contributed by atoms with Crippen LogP contribution < -0.4 is 5.32 Å². The number of aryl methyl sites for hydroxylation is 3. The summed E-state index contributed by atoms with van der Waals surface area (Å²) in [5.41, 5.74) is 2.27. The number of nitrogens with zero attached hydrogens (tertiary/aromatic N) is 4. The zero-order valence-corrected chi connectivity index (χ0v) is 15.2. The quantitative estimate of drug-likeness (QED) is 0.796. The van der Waals surface area contributed by atoms with E-state index in [0.717, 1.165) is 57.0 Å². The first-order valence-corrected chi connectivity index (χ1v) is 9.06. The number of hydrogen-bond donors (Lipinski definition) is 2. The molecule has 25 heavy (non-hydrogen) atoms. The van der Waals surface area contributed by atoms with E-state index < -0.39 is 0 Å². The van der Waals surface area contributed by atoms with Crippen LogP contribution in [0, 0.1) is 12.8 Å². The van der Waals surface area contributed by atoms with Crippen molar-refractivity contribution >= 4 is 5.91 Å². The van der Waals surface area contributed by atoms with Crippen molar-refractivity contribution in [1.82, 2.24) is 30.0 Å². The minimum Gasteiger partial charge on any atom is -0.356 e. The molecule has 136 valence electrons. The highest BCUT2D eigenvalue weighted by Gasteiger charge is 2.20. The Hall–Kier alpha value is -2.15. The number of aromatic amines is 1. The number of aromatic nitrogens is 4. The first-order valence-electron chi connectivity index (χ1n) is 9.06. The third-order valence-corrected chi connectivity index (χ3v) is 4.98. The van der Waals surface area contributed by atoms with E-state index in [1.54, 1.807) is 6.20 Å². The Morgan fingerprint density at radius 2 is 2.20 bits per heavy atom. The van der Waals surface area contributed by atoms with Gasteiger partial charge in [0.1, 0.15) is 5.82 Å². The van der Waals surface area contributed by atoms with E-state index in [1.165, 1.54) is 5.69 Å². The van der Waals surface area contributed by atoms with E-state index in [1.807, 2.05) is 30.9 Å². The Labute approximate surface area is 148 Å². The Morgan fingerprint density at radius 1 is 1.40 bits per heavy atom. The van der Waals surface area contributed by atoms with Crippen molar-refractivity contribution in [2.75, 3.05) is 19.6 Å². The largest absolute Gasteiger partial charge is 0.356 e. The van der Waals surface area contributed by atoms with Gasteiger partial charge in [0.25, 0.3) is 0 Å². The van der Waals surface area contributed by atoms with Gasteiger partial charge in [0.15, 0.2) is 0 Å². The summed E-state index contributed by atoms with van der Waals surface area (Å²) in [5, 5.41) is 7.23. The molecule has 2 aromatic heterocycles. The standard InChI is InChI=1S/C18H28N6O/c1-14-19-12-16(22-14)13-24-9-6-15(7-10-24)11-20-18(25)4-3-17-5-8-21-23(17)2/h5,8,12,15H,3-4,6-7,9-11,13H2,1-2H3,(H,19,22)(H,20,25). The molecule has 0 unspecified atom stereocenters. The number of carbonyl (C=O) groups excluding carboxylic acids is 1. The molecule has 1 fully saturated rings. The highest BCUT2D eigenvalue weighted by atomic mass is 16.1. The Bertz CT molecular complexity index is 683. The smallest absolute Gasteiger partial charge is 0.220 e. The molecule has 1 amide bonds. The fourth-order valence-corrected chi connectivity index (χ4v) is 3.38. The second kappa shape index (κ2) is 8.29. The van der Waals surface area contributed by atoms with Gasteiger partial charge in [-0.3, -0.25) is 14.4 Å². The minimum atomic E-state index is 0.136. The average Bonchev–Trinajstić information content (AvgIpc) is 3.20. The van der Waals surface area contributed by atoms with Crippen LogP contribution in [-0.2, 0) is 24.8 Å². The first kappa shape index (κ1) is 17.7. The number of hydrogen-bond acceptors (Lipinski definition) is 4. The van der Waals surface area contributed by atoms with E-state index in [9.17, 15) is 4.79 Å². The molecule has 0 bridgehead atoms. The lowest BCUT2D eigenvalue weighted by Crippen LogP contribution is -2.38. The van der Waals surface area contributed by atoms with Gasteiger partial charge in [0.2, 0.25) is 5.91 Å². The molecule has 2 N–H and O–H groups in total. The zero-order valence-electron chi connectivity index (χ0n) is 15.2. The summed E-state index contributed by atoms with van der Waals surface area (Å²) in [5.74, 6) is 1.69. The molecule has 0 saturated carbocycles. The van der Waals surface area contributed by atoms with Gasteiger partial charge in [0.05, 0.1) is 0 Å². The summed E-state index contributed by atoms with van der Waals surface area (Å²) in [7, 11) is 1.91. The predicted molar refractivity (Wildman–Crippen MR) is 95.9 cm³/mol. The summed E-state index contributed by atoms with van der Waals surface area (Å²) < 4.78 is 1.82. The number of piperidine rings is 1. The lowest BCUT2D eigenvalue weighted by molar-refractivity contribution is -0.121. The molecular weight excluding hydrogens is 316 g/mol. The van der Waals surface area contributed by atoms with Crippen LogP contribution in [0.2, 0.25) is 0 Å². The molecular formula is C18H28N6O. The number of H-pyrrole nitrogens is 1. The van der Waals surface area contributed by atoms with Gasteiger partial charge in [-0.25, -0.2) is 4.98 Å². The van der Waals surface area contributed by atoms with Crippen LogP contribution in [0.15, 0.2) is 18.5 Å². The number of carbonyl (C=O) groups is 1. The average molecular weight is 344 g/mol. The second-order valence-electron chi connectivity index (χ2n) is 6.96. The van der Waals surface area contributed by atoms with Gasteiger partial charge < -0.3 is 10.3 Å². The van der Waals surface area contributed by atoms with Crippen LogP contribution in [-0.4, -0.2) is 50.2 Å². The normalized spacial score (nSPS) is 16.2. The zero-order chi connectivity index (χ0) is 17.6. The van der Waals surface area contributed by atoms with Gasteiger partial charge in [0, 0.05) is 50.3 Å². The number of rotatable bonds is 7. The lowest BCUT2D eigenvalue weighted by atomic mass is 9.96.